The molecule has 2 rings (SSSR count). The normalized spacial score (nSPS) is 15.9. The molecule has 0 aliphatic heterocycles. The van der Waals surface area contributed by atoms with E-state index in [4.69, 9.17) is 9.47 Å². The molecule has 1 aliphatic rings. The van der Waals surface area contributed by atoms with E-state index in [1.807, 2.05) is 45.0 Å². The largest absolute Gasteiger partial charge is 0.466 e. The average molecular weight is 532 g/mol. The van der Waals surface area contributed by atoms with Gasteiger partial charge in [0.2, 0.25) is 11.8 Å². The van der Waals surface area contributed by atoms with Crippen LogP contribution in [-0.2, 0) is 23.9 Å². The molecule has 0 saturated heterocycles. The molecule has 1 aromatic rings. The minimum Gasteiger partial charge on any atom is -0.466 e. The van der Waals surface area contributed by atoms with Crippen LogP contribution >= 0.6 is 0 Å². The second kappa shape index (κ2) is 14.2. The summed E-state index contributed by atoms with van der Waals surface area (Å²) < 4.78 is 10.4. The van der Waals surface area contributed by atoms with Gasteiger partial charge in [-0.05, 0) is 70.9 Å². The third-order valence-electron chi connectivity index (χ3n) is 6.82. The molecule has 1 fully saturated rings. The predicted octanol–water partition coefficient (Wildman–Crippen LogP) is 4.43. The third-order valence-corrected chi connectivity index (χ3v) is 6.82. The zero-order valence-corrected chi connectivity index (χ0v) is 24.0. The van der Waals surface area contributed by atoms with E-state index in [2.05, 4.69) is 10.6 Å². The van der Waals surface area contributed by atoms with Gasteiger partial charge in [0.25, 0.3) is 0 Å². The van der Waals surface area contributed by atoms with E-state index < -0.39 is 29.7 Å². The van der Waals surface area contributed by atoms with E-state index in [0.717, 1.165) is 24.8 Å². The standard InChI is InChI=1S/C29H45N3O6/c1-8-19(3)24(31-28(36)38-29(5,6)7)27(35)32(21-14-12-15-21)25(22-16-11-10-13-20(22)4)26(34)30-18-17-23(33)37-9-2/h10-11,13,16,19,21,24-25H,8-9,12,14-15,17-18H2,1-7H3,(H,30,34)(H,31,36). The Morgan fingerprint density at radius 1 is 1.11 bits per heavy atom. The van der Waals surface area contributed by atoms with Crippen LogP contribution in [0, 0.1) is 12.8 Å². The van der Waals surface area contributed by atoms with E-state index in [9.17, 15) is 19.2 Å². The summed E-state index contributed by atoms with van der Waals surface area (Å²) in [5, 5.41) is 5.64. The smallest absolute Gasteiger partial charge is 0.408 e. The van der Waals surface area contributed by atoms with Crippen LogP contribution in [0.3, 0.4) is 0 Å². The fraction of sp³-hybridized carbons (Fsp3) is 0.655. The van der Waals surface area contributed by atoms with Crippen LogP contribution in [0.2, 0.25) is 0 Å². The molecule has 38 heavy (non-hydrogen) atoms. The fourth-order valence-electron chi connectivity index (χ4n) is 4.39. The van der Waals surface area contributed by atoms with Crippen molar-refractivity contribution in [1.29, 1.82) is 0 Å². The number of benzene rings is 1. The van der Waals surface area contributed by atoms with E-state index in [0.29, 0.717) is 12.0 Å². The van der Waals surface area contributed by atoms with Crippen LogP contribution in [0.4, 0.5) is 4.79 Å². The van der Waals surface area contributed by atoms with Crippen molar-refractivity contribution in [3.63, 3.8) is 0 Å². The number of rotatable bonds is 12. The van der Waals surface area contributed by atoms with Crippen LogP contribution in [-0.4, -0.2) is 59.6 Å². The lowest BCUT2D eigenvalue weighted by Gasteiger charge is -2.44. The van der Waals surface area contributed by atoms with E-state index in [1.54, 1.807) is 32.6 Å². The van der Waals surface area contributed by atoms with E-state index >= 15 is 0 Å². The van der Waals surface area contributed by atoms with Gasteiger partial charge in [0.1, 0.15) is 17.7 Å². The average Bonchev–Trinajstić information content (AvgIpc) is 2.80. The molecule has 212 valence electrons. The summed E-state index contributed by atoms with van der Waals surface area (Å²) in [4.78, 5) is 54.2. The number of amides is 3. The Balaban J connectivity index is 2.44. The highest BCUT2D eigenvalue weighted by Gasteiger charge is 2.43. The number of carbonyl (C=O) groups excluding carboxylic acids is 4. The van der Waals surface area contributed by atoms with Crippen molar-refractivity contribution in [3.05, 3.63) is 35.4 Å². The first kappa shape index (κ1) is 31.1. The Labute approximate surface area is 227 Å². The van der Waals surface area contributed by atoms with Crippen molar-refractivity contribution in [2.75, 3.05) is 13.2 Å². The molecular weight excluding hydrogens is 486 g/mol. The minimum atomic E-state index is -0.914. The van der Waals surface area contributed by atoms with Crippen molar-refractivity contribution >= 4 is 23.9 Å². The van der Waals surface area contributed by atoms with Gasteiger partial charge >= 0.3 is 12.1 Å². The third kappa shape index (κ3) is 8.74. The van der Waals surface area contributed by atoms with Crippen LogP contribution < -0.4 is 10.6 Å². The van der Waals surface area contributed by atoms with Crippen molar-refractivity contribution in [1.82, 2.24) is 15.5 Å². The molecule has 0 aromatic heterocycles. The number of esters is 1. The zero-order chi connectivity index (χ0) is 28.5. The predicted molar refractivity (Wildman–Crippen MR) is 145 cm³/mol. The van der Waals surface area contributed by atoms with Crippen molar-refractivity contribution < 1.29 is 28.7 Å². The molecule has 0 heterocycles. The maximum atomic E-state index is 14.3. The number of alkyl carbamates (subject to hydrolysis) is 1. The zero-order valence-electron chi connectivity index (χ0n) is 24.0. The Morgan fingerprint density at radius 2 is 1.76 bits per heavy atom. The molecule has 3 amide bonds. The number of carbonyl (C=O) groups is 4. The van der Waals surface area contributed by atoms with Gasteiger partial charge < -0.3 is 25.0 Å². The van der Waals surface area contributed by atoms with Gasteiger partial charge in [0.15, 0.2) is 0 Å². The van der Waals surface area contributed by atoms with Crippen LogP contribution in [0.15, 0.2) is 24.3 Å². The van der Waals surface area contributed by atoms with E-state index in [1.165, 1.54) is 0 Å². The van der Waals surface area contributed by atoms with Gasteiger partial charge in [-0.15, -0.1) is 0 Å². The van der Waals surface area contributed by atoms with Crippen LogP contribution in [0.1, 0.15) is 90.8 Å². The summed E-state index contributed by atoms with van der Waals surface area (Å²) in [6, 6.07) is 5.56. The van der Waals surface area contributed by atoms with Gasteiger partial charge in [-0.3, -0.25) is 14.4 Å². The molecule has 0 radical (unpaired) electrons. The summed E-state index contributed by atoms with van der Waals surface area (Å²) in [6.45, 7) is 13.2. The Morgan fingerprint density at radius 3 is 2.29 bits per heavy atom. The molecule has 1 aromatic carbocycles. The summed E-state index contributed by atoms with van der Waals surface area (Å²) in [6.07, 6.45) is 2.50. The quantitative estimate of drug-likeness (QED) is 0.386. The van der Waals surface area contributed by atoms with Crippen molar-refractivity contribution in [2.24, 2.45) is 5.92 Å². The molecule has 1 aliphatic carbocycles. The van der Waals surface area contributed by atoms with Gasteiger partial charge in [-0.25, -0.2) is 4.79 Å². The van der Waals surface area contributed by atoms with Gasteiger partial charge in [0.05, 0.1) is 13.0 Å². The number of aryl methyl sites for hydroxylation is 1. The first-order valence-corrected chi connectivity index (χ1v) is 13.7. The maximum Gasteiger partial charge on any atom is 0.408 e. The monoisotopic (exact) mass is 531 g/mol. The lowest BCUT2D eigenvalue weighted by atomic mass is 9.86. The lowest BCUT2D eigenvalue weighted by Crippen LogP contribution is -2.59. The summed E-state index contributed by atoms with van der Waals surface area (Å²) in [7, 11) is 0. The van der Waals surface area contributed by atoms with Crippen molar-refractivity contribution in [2.45, 2.75) is 104 Å². The molecule has 1 saturated carbocycles. The van der Waals surface area contributed by atoms with E-state index in [-0.39, 0.29) is 43.3 Å². The molecule has 3 unspecified atom stereocenters. The topological polar surface area (TPSA) is 114 Å². The summed E-state index contributed by atoms with van der Waals surface area (Å²) in [5.74, 6) is -1.28. The molecule has 0 bridgehead atoms. The Bertz CT molecular complexity index is 969. The molecular formula is C29H45N3O6. The maximum absolute atomic E-state index is 14.3. The summed E-state index contributed by atoms with van der Waals surface area (Å²) in [5.41, 5.74) is 0.862. The first-order chi connectivity index (χ1) is 17.9. The SMILES string of the molecule is CCOC(=O)CCNC(=O)C(c1ccccc1C)N(C(=O)C(NC(=O)OC(C)(C)C)C(C)CC)C1CCC1. The highest BCUT2D eigenvalue weighted by molar-refractivity contribution is 5.93. The molecule has 9 nitrogen and oxygen atoms in total. The highest BCUT2D eigenvalue weighted by Crippen LogP contribution is 2.35. The number of hydrogen-bond donors (Lipinski definition) is 2. The first-order valence-electron chi connectivity index (χ1n) is 13.7. The lowest BCUT2D eigenvalue weighted by molar-refractivity contribution is -0.149. The number of nitrogens with zero attached hydrogens (tertiary/aromatic N) is 1. The molecule has 0 spiro atoms. The fourth-order valence-corrected chi connectivity index (χ4v) is 4.39. The molecule has 3 atom stereocenters. The number of hydrogen-bond acceptors (Lipinski definition) is 6. The minimum absolute atomic E-state index is 0.0349. The van der Waals surface area contributed by atoms with Crippen LogP contribution in [0.25, 0.3) is 0 Å². The summed E-state index contributed by atoms with van der Waals surface area (Å²) >= 11 is 0. The van der Waals surface area contributed by atoms with Gasteiger partial charge in [-0.2, -0.15) is 0 Å². The molecule has 9 heteroatoms. The Kier molecular flexibility index (Phi) is 11.6. The van der Waals surface area contributed by atoms with Crippen molar-refractivity contribution in [3.8, 4) is 0 Å². The highest BCUT2D eigenvalue weighted by atomic mass is 16.6. The number of ether oxygens (including phenoxy) is 2. The molecule has 2 N–H and O–H groups in total. The number of nitrogens with one attached hydrogen (secondary N) is 2. The second-order valence-corrected chi connectivity index (χ2v) is 10.9. The Hall–Kier alpha value is -3.10. The van der Waals surface area contributed by atoms with Crippen LogP contribution in [0.5, 0.6) is 0 Å². The van der Waals surface area contributed by atoms with Gasteiger partial charge in [-0.1, -0.05) is 44.5 Å². The second-order valence-electron chi connectivity index (χ2n) is 10.9. The van der Waals surface area contributed by atoms with Gasteiger partial charge in [0, 0.05) is 12.6 Å².